The molecule has 104 valence electrons. The molecule has 0 aliphatic heterocycles. The third kappa shape index (κ3) is 9.53. The third-order valence-electron chi connectivity index (χ3n) is 2.90. The van der Waals surface area contributed by atoms with Crippen molar-refractivity contribution < 1.29 is 9.47 Å². The Kier molecular flexibility index (Phi) is 12.2. The lowest BCUT2D eigenvalue weighted by atomic mass is 10.2. The van der Waals surface area contributed by atoms with Crippen LogP contribution in [0.15, 0.2) is 0 Å². The predicted octanol–water partition coefficient (Wildman–Crippen LogP) is 1.36. The van der Waals surface area contributed by atoms with E-state index in [1.54, 1.807) is 7.11 Å². The van der Waals surface area contributed by atoms with E-state index in [9.17, 15) is 0 Å². The fourth-order valence-corrected chi connectivity index (χ4v) is 1.78. The van der Waals surface area contributed by atoms with E-state index >= 15 is 0 Å². The molecule has 0 heterocycles. The zero-order valence-electron chi connectivity index (χ0n) is 12.0. The average molecular weight is 246 g/mol. The molecule has 0 bridgehead atoms. The van der Waals surface area contributed by atoms with Gasteiger partial charge in [0, 0.05) is 39.5 Å². The summed E-state index contributed by atoms with van der Waals surface area (Å²) in [6.07, 6.45) is 1.09. The highest BCUT2D eigenvalue weighted by Gasteiger charge is 2.10. The minimum Gasteiger partial charge on any atom is -0.383 e. The highest BCUT2D eigenvalue weighted by molar-refractivity contribution is 4.68. The van der Waals surface area contributed by atoms with Crippen LogP contribution < -0.4 is 5.32 Å². The van der Waals surface area contributed by atoms with Gasteiger partial charge in [0.25, 0.3) is 0 Å². The summed E-state index contributed by atoms with van der Waals surface area (Å²) in [4.78, 5) is 2.43. The van der Waals surface area contributed by atoms with Crippen LogP contribution in [0.1, 0.15) is 27.2 Å². The van der Waals surface area contributed by atoms with Gasteiger partial charge in [0.2, 0.25) is 0 Å². The summed E-state index contributed by atoms with van der Waals surface area (Å²) in [5.74, 6) is 0. The summed E-state index contributed by atoms with van der Waals surface area (Å²) < 4.78 is 10.4. The van der Waals surface area contributed by atoms with Crippen molar-refractivity contribution in [2.75, 3.05) is 53.1 Å². The fourth-order valence-electron chi connectivity index (χ4n) is 1.78. The molecule has 17 heavy (non-hydrogen) atoms. The van der Waals surface area contributed by atoms with Crippen LogP contribution in [0.25, 0.3) is 0 Å². The van der Waals surface area contributed by atoms with E-state index in [0.29, 0.717) is 6.04 Å². The lowest BCUT2D eigenvalue weighted by Gasteiger charge is -2.27. The van der Waals surface area contributed by atoms with E-state index in [0.717, 1.165) is 52.4 Å². The lowest BCUT2D eigenvalue weighted by Crippen LogP contribution is -2.42. The largest absolute Gasteiger partial charge is 0.383 e. The Hall–Kier alpha value is -0.160. The Morgan fingerprint density at radius 3 is 2.59 bits per heavy atom. The molecular formula is C13H30N2O2. The van der Waals surface area contributed by atoms with Gasteiger partial charge in [-0.1, -0.05) is 6.92 Å². The number of ether oxygens (including phenoxy) is 2. The van der Waals surface area contributed by atoms with Crippen molar-refractivity contribution in [3.8, 4) is 0 Å². The average Bonchev–Trinajstić information content (AvgIpc) is 2.34. The van der Waals surface area contributed by atoms with Gasteiger partial charge in [0.05, 0.1) is 6.61 Å². The van der Waals surface area contributed by atoms with Gasteiger partial charge in [0.15, 0.2) is 0 Å². The van der Waals surface area contributed by atoms with Crippen LogP contribution in [-0.4, -0.2) is 64.1 Å². The first-order chi connectivity index (χ1) is 8.26. The molecule has 0 spiro atoms. The molecular weight excluding hydrogens is 216 g/mol. The van der Waals surface area contributed by atoms with Crippen molar-refractivity contribution >= 4 is 0 Å². The Bertz CT molecular complexity index is 156. The van der Waals surface area contributed by atoms with Crippen LogP contribution in [0.4, 0.5) is 0 Å². The van der Waals surface area contributed by atoms with Crippen LogP contribution in [0.2, 0.25) is 0 Å². The van der Waals surface area contributed by atoms with Gasteiger partial charge in [-0.2, -0.15) is 0 Å². The minimum absolute atomic E-state index is 0.558. The standard InChI is InChI=1S/C13H30N2O2/c1-5-15(9-11-16-4)13(3)12-14-8-7-10-17-6-2/h13-14H,5-12H2,1-4H3. The Labute approximate surface area is 107 Å². The van der Waals surface area contributed by atoms with Crippen LogP contribution in [0, 0.1) is 0 Å². The Morgan fingerprint density at radius 1 is 1.24 bits per heavy atom. The number of nitrogens with zero attached hydrogens (tertiary/aromatic N) is 1. The summed E-state index contributed by atoms with van der Waals surface area (Å²) in [7, 11) is 1.75. The number of nitrogens with one attached hydrogen (secondary N) is 1. The summed E-state index contributed by atoms with van der Waals surface area (Å²) >= 11 is 0. The molecule has 0 aliphatic carbocycles. The first kappa shape index (κ1) is 16.8. The first-order valence-electron chi connectivity index (χ1n) is 6.77. The molecule has 0 fully saturated rings. The number of rotatable bonds is 12. The van der Waals surface area contributed by atoms with Crippen LogP contribution in [0.5, 0.6) is 0 Å². The van der Waals surface area contributed by atoms with E-state index in [2.05, 4.69) is 24.1 Å². The van der Waals surface area contributed by atoms with Gasteiger partial charge in [-0.3, -0.25) is 4.90 Å². The third-order valence-corrected chi connectivity index (χ3v) is 2.90. The highest BCUT2D eigenvalue weighted by atomic mass is 16.5. The zero-order valence-corrected chi connectivity index (χ0v) is 12.0. The molecule has 0 saturated heterocycles. The van der Waals surface area contributed by atoms with E-state index in [4.69, 9.17) is 9.47 Å². The molecule has 0 rings (SSSR count). The second-order valence-corrected chi connectivity index (χ2v) is 4.23. The maximum atomic E-state index is 5.30. The van der Waals surface area contributed by atoms with E-state index < -0.39 is 0 Å². The molecule has 1 N–H and O–H groups in total. The number of methoxy groups -OCH3 is 1. The van der Waals surface area contributed by atoms with Crippen molar-refractivity contribution in [3.05, 3.63) is 0 Å². The van der Waals surface area contributed by atoms with Gasteiger partial charge in [-0.05, 0) is 33.4 Å². The Balaban J connectivity index is 3.50. The molecule has 4 nitrogen and oxygen atoms in total. The smallest absolute Gasteiger partial charge is 0.0589 e. The zero-order chi connectivity index (χ0) is 12.9. The predicted molar refractivity (Wildman–Crippen MR) is 72.6 cm³/mol. The molecule has 1 atom stereocenters. The normalized spacial score (nSPS) is 13.2. The summed E-state index contributed by atoms with van der Waals surface area (Å²) in [5, 5.41) is 3.47. The summed E-state index contributed by atoms with van der Waals surface area (Å²) in [6.45, 7) is 13.1. The molecule has 0 saturated carbocycles. The summed E-state index contributed by atoms with van der Waals surface area (Å²) in [6, 6.07) is 0.558. The second-order valence-electron chi connectivity index (χ2n) is 4.23. The van der Waals surface area contributed by atoms with Gasteiger partial charge < -0.3 is 14.8 Å². The minimum atomic E-state index is 0.558. The van der Waals surface area contributed by atoms with Gasteiger partial charge >= 0.3 is 0 Å². The lowest BCUT2D eigenvalue weighted by molar-refractivity contribution is 0.126. The Morgan fingerprint density at radius 2 is 2.00 bits per heavy atom. The topological polar surface area (TPSA) is 33.7 Å². The number of hydrogen-bond acceptors (Lipinski definition) is 4. The van der Waals surface area contributed by atoms with Crippen LogP contribution in [0.3, 0.4) is 0 Å². The molecule has 4 heteroatoms. The number of hydrogen-bond donors (Lipinski definition) is 1. The second kappa shape index (κ2) is 12.3. The molecule has 0 amide bonds. The van der Waals surface area contributed by atoms with Crippen LogP contribution >= 0.6 is 0 Å². The first-order valence-corrected chi connectivity index (χ1v) is 6.77. The van der Waals surface area contributed by atoms with E-state index in [-0.39, 0.29) is 0 Å². The van der Waals surface area contributed by atoms with Crippen LogP contribution in [-0.2, 0) is 9.47 Å². The molecule has 0 aromatic rings. The van der Waals surface area contributed by atoms with Gasteiger partial charge in [-0.15, -0.1) is 0 Å². The SMILES string of the molecule is CCOCCCNCC(C)N(CC)CCOC. The molecule has 0 aromatic carbocycles. The van der Waals surface area contributed by atoms with Gasteiger partial charge in [0.1, 0.15) is 0 Å². The van der Waals surface area contributed by atoms with Crippen molar-refractivity contribution in [3.63, 3.8) is 0 Å². The van der Waals surface area contributed by atoms with E-state index in [1.807, 2.05) is 6.92 Å². The molecule has 0 aliphatic rings. The van der Waals surface area contributed by atoms with Crippen molar-refractivity contribution in [2.24, 2.45) is 0 Å². The molecule has 0 radical (unpaired) electrons. The van der Waals surface area contributed by atoms with Crippen molar-refractivity contribution in [1.82, 2.24) is 10.2 Å². The fraction of sp³-hybridized carbons (Fsp3) is 1.00. The monoisotopic (exact) mass is 246 g/mol. The maximum Gasteiger partial charge on any atom is 0.0589 e. The van der Waals surface area contributed by atoms with Crippen molar-refractivity contribution in [1.29, 1.82) is 0 Å². The number of likely N-dealkylation sites (N-methyl/N-ethyl adjacent to an activating group) is 1. The van der Waals surface area contributed by atoms with Gasteiger partial charge in [-0.25, -0.2) is 0 Å². The quantitative estimate of drug-likeness (QED) is 0.527. The molecule has 1 unspecified atom stereocenters. The highest BCUT2D eigenvalue weighted by Crippen LogP contribution is 1.97. The summed E-state index contributed by atoms with van der Waals surface area (Å²) in [5.41, 5.74) is 0. The maximum absolute atomic E-state index is 5.30. The van der Waals surface area contributed by atoms with E-state index in [1.165, 1.54) is 0 Å². The molecule has 0 aromatic heterocycles. The van der Waals surface area contributed by atoms with Crippen molar-refractivity contribution in [2.45, 2.75) is 33.2 Å².